The Morgan fingerprint density at radius 1 is 0.960 bits per heavy atom. The van der Waals surface area contributed by atoms with E-state index in [2.05, 4.69) is 5.32 Å². The van der Waals surface area contributed by atoms with Gasteiger partial charge in [0.05, 0.1) is 13.2 Å². The van der Waals surface area contributed by atoms with Gasteiger partial charge in [0.1, 0.15) is 6.04 Å². The van der Waals surface area contributed by atoms with Crippen LogP contribution in [-0.4, -0.2) is 31.1 Å². The normalized spacial score (nSPS) is 12.4. The number of hydrogen-bond donors (Lipinski definition) is 2. The van der Waals surface area contributed by atoms with Gasteiger partial charge in [0, 0.05) is 6.42 Å². The number of methoxy groups -OCH3 is 1. The molecule has 0 aliphatic rings. The average molecular weight is 363 g/mol. The molecule has 25 heavy (non-hydrogen) atoms. The average Bonchev–Trinajstić information content (AvgIpc) is 2.62. The number of hydrogen-bond acceptors (Lipinski definition) is 4. The summed E-state index contributed by atoms with van der Waals surface area (Å²) in [7, 11) is 1.30. The zero-order chi connectivity index (χ0) is 17.4. The summed E-state index contributed by atoms with van der Waals surface area (Å²) in [5, 5.41) is 2.70. The number of nitrogens with one attached hydrogen (secondary N) is 1. The number of ether oxygens (including phenoxy) is 1. The summed E-state index contributed by atoms with van der Waals surface area (Å²) < 4.78 is 4.79. The van der Waals surface area contributed by atoms with Crippen LogP contribution in [0.2, 0.25) is 0 Å². The number of rotatable bonds is 7. The molecule has 0 bridgehead atoms. The minimum absolute atomic E-state index is 0. The molecule has 6 heteroatoms. The Morgan fingerprint density at radius 2 is 1.44 bits per heavy atom. The molecule has 5 nitrogen and oxygen atoms in total. The first-order chi connectivity index (χ1) is 11.6. The molecule has 2 aromatic rings. The molecule has 1 amide bonds. The third-order valence-electron chi connectivity index (χ3n) is 3.72. The highest BCUT2D eigenvalue weighted by Gasteiger charge is 2.24. The maximum atomic E-state index is 12.3. The van der Waals surface area contributed by atoms with Crippen molar-refractivity contribution >= 4 is 24.3 Å². The van der Waals surface area contributed by atoms with Gasteiger partial charge in [-0.15, -0.1) is 12.4 Å². The van der Waals surface area contributed by atoms with Crippen LogP contribution in [0, 0.1) is 0 Å². The zero-order valence-corrected chi connectivity index (χ0v) is 14.9. The monoisotopic (exact) mass is 362 g/mol. The third kappa shape index (κ3) is 6.57. The van der Waals surface area contributed by atoms with Crippen LogP contribution in [-0.2, 0) is 27.2 Å². The van der Waals surface area contributed by atoms with E-state index in [0.717, 1.165) is 11.1 Å². The van der Waals surface area contributed by atoms with E-state index in [4.69, 9.17) is 10.5 Å². The summed E-state index contributed by atoms with van der Waals surface area (Å²) in [6.45, 7) is 0. The van der Waals surface area contributed by atoms with Gasteiger partial charge < -0.3 is 15.8 Å². The summed E-state index contributed by atoms with van der Waals surface area (Å²) in [5.41, 5.74) is 7.87. The molecule has 0 aromatic heterocycles. The predicted octanol–water partition coefficient (Wildman–Crippen LogP) is 1.88. The number of carbonyl (C=O) groups is 2. The molecule has 0 heterocycles. The van der Waals surface area contributed by atoms with E-state index in [0.29, 0.717) is 12.8 Å². The maximum Gasteiger partial charge on any atom is 0.328 e. The lowest BCUT2D eigenvalue weighted by atomic mass is 10.0. The van der Waals surface area contributed by atoms with Crippen LogP contribution in [0.3, 0.4) is 0 Å². The number of benzene rings is 2. The molecule has 2 rings (SSSR count). The Bertz CT molecular complexity index is 665. The SMILES string of the molecule is COC(=O)[C@H](Cc1ccccc1)NC(=O)[C@H](N)Cc1ccccc1.Cl. The molecule has 0 fully saturated rings. The number of halogens is 1. The fourth-order valence-corrected chi connectivity index (χ4v) is 2.42. The van der Waals surface area contributed by atoms with Gasteiger partial charge in [-0.3, -0.25) is 4.79 Å². The smallest absolute Gasteiger partial charge is 0.328 e. The quantitative estimate of drug-likeness (QED) is 0.737. The van der Waals surface area contributed by atoms with Crippen LogP contribution in [0.15, 0.2) is 60.7 Å². The lowest BCUT2D eigenvalue weighted by Gasteiger charge is -2.19. The first kappa shape index (κ1) is 20.7. The Labute approximate surface area is 154 Å². The molecule has 0 aliphatic heterocycles. The van der Waals surface area contributed by atoms with Crippen LogP contribution >= 0.6 is 12.4 Å². The fourth-order valence-electron chi connectivity index (χ4n) is 2.42. The molecule has 2 aromatic carbocycles. The Hall–Kier alpha value is -2.37. The van der Waals surface area contributed by atoms with Crippen molar-refractivity contribution in [1.82, 2.24) is 5.32 Å². The van der Waals surface area contributed by atoms with Crippen molar-refractivity contribution in [3.63, 3.8) is 0 Å². The van der Waals surface area contributed by atoms with Gasteiger partial charge in [0.15, 0.2) is 0 Å². The Kier molecular flexibility index (Phi) is 8.67. The first-order valence-electron chi connectivity index (χ1n) is 7.81. The second kappa shape index (κ2) is 10.5. The minimum atomic E-state index is -0.758. The lowest BCUT2D eigenvalue weighted by Crippen LogP contribution is -2.50. The second-order valence-electron chi connectivity index (χ2n) is 5.57. The molecule has 0 radical (unpaired) electrons. The standard InChI is InChI=1S/C19H22N2O3.ClH/c1-24-19(23)17(13-15-10-6-3-7-11-15)21-18(22)16(20)12-14-8-4-2-5-9-14;/h2-11,16-17H,12-13,20H2,1H3,(H,21,22);1H/t16-,17+;/m1./s1. The van der Waals surface area contributed by atoms with Gasteiger partial charge in [0.25, 0.3) is 0 Å². The summed E-state index contributed by atoms with van der Waals surface area (Å²) in [6.07, 6.45) is 0.767. The number of carbonyl (C=O) groups excluding carboxylic acids is 2. The molecule has 0 saturated heterocycles. The third-order valence-corrected chi connectivity index (χ3v) is 3.72. The van der Waals surface area contributed by atoms with Crippen molar-refractivity contribution in [3.05, 3.63) is 71.8 Å². The summed E-state index contributed by atoms with van der Waals surface area (Å²) in [4.78, 5) is 24.3. The Balaban J connectivity index is 0.00000312. The van der Waals surface area contributed by atoms with Gasteiger partial charge in [-0.2, -0.15) is 0 Å². The van der Waals surface area contributed by atoms with Crippen LogP contribution in [0.5, 0.6) is 0 Å². The van der Waals surface area contributed by atoms with E-state index in [1.165, 1.54) is 7.11 Å². The summed E-state index contributed by atoms with van der Waals surface area (Å²) in [5.74, 6) is -0.857. The molecule has 0 aliphatic carbocycles. The van der Waals surface area contributed by atoms with Crippen molar-refractivity contribution in [3.8, 4) is 0 Å². The largest absolute Gasteiger partial charge is 0.467 e. The zero-order valence-electron chi connectivity index (χ0n) is 14.1. The maximum absolute atomic E-state index is 12.3. The molecular formula is C19H23ClN2O3. The van der Waals surface area contributed by atoms with Crippen molar-refractivity contribution in [1.29, 1.82) is 0 Å². The highest BCUT2D eigenvalue weighted by molar-refractivity contribution is 5.87. The van der Waals surface area contributed by atoms with Crippen LogP contribution < -0.4 is 11.1 Å². The highest BCUT2D eigenvalue weighted by atomic mass is 35.5. The fraction of sp³-hybridized carbons (Fsp3) is 0.263. The van der Waals surface area contributed by atoms with E-state index in [1.807, 2.05) is 60.7 Å². The van der Waals surface area contributed by atoms with Gasteiger partial charge >= 0.3 is 5.97 Å². The van der Waals surface area contributed by atoms with E-state index >= 15 is 0 Å². The lowest BCUT2D eigenvalue weighted by molar-refractivity contribution is -0.145. The van der Waals surface area contributed by atoms with Crippen molar-refractivity contribution in [2.75, 3.05) is 7.11 Å². The van der Waals surface area contributed by atoms with Gasteiger partial charge in [-0.05, 0) is 17.5 Å². The van der Waals surface area contributed by atoms with Crippen LogP contribution in [0.25, 0.3) is 0 Å². The number of esters is 1. The van der Waals surface area contributed by atoms with Crippen molar-refractivity contribution in [2.45, 2.75) is 24.9 Å². The summed E-state index contributed by atoms with van der Waals surface area (Å²) in [6, 6.07) is 17.5. The molecule has 0 saturated carbocycles. The van der Waals surface area contributed by atoms with E-state index in [1.54, 1.807) is 0 Å². The molecule has 0 unspecified atom stereocenters. The van der Waals surface area contributed by atoms with E-state index < -0.39 is 18.1 Å². The van der Waals surface area contributed by atoms with Crippen LogP contribution in [0.4, 0.5) is 0 Å². The van der Waals surface area contributed by atoms with Gasteiger partial charge in [-0.25, -0.2) is 4.79 Å². The second-order valence-corrected chi connectivity index (χ2v) is 5.57. The summed E-state index contributed by atoms with van der Waals surface area (Å²) >= 11 is 0. The molecular weight excluding hydrogens is 340 g/mol. The minimum Gasteiger partial charge on any atom is -0.467 e. The van der Waals surface area contributed by atoms with Gasteiger partial charge in [-0.1, -0.05) is 60.7 Å². The van der Waals surface area contributed by atoms with Crippen LogP contribution in [0.1, 0.15) is 11.1 Å². The highest BCUT2D eigenvalue weighted by Crippen LogP contribution is 2.06. The van der Waals surface area contributed by atoms with E-state index in [-0.39, 0.29) is 18.3 Å². The topological polar surface area (TPSA) is 81.4 Å². The Morgan fingerprint density at radius 3 is 1.92 bits per heavy atom. The van der Waals surface area contributed by atoms with E-state index in [9.17, 15) is 9.59 Å². The molecule has 2 atom stereocenters. The molecule has 0 spiro atoms. The number of amides is 1. The first-order valence-corrected chi connectivity index (χ1v) is 7.81. The van der Waals surface area contributed by atoms with Gasteiger partial charge in [0.2, 0.25) is 5.91 Å². The predicted molar refractivity (Wildman–Crippen MR) is 99.5 cm³/mol. The molecule has 134 valence electrons. The molecule has 3 N–H and O–H groups in total. The van der Waals surface area contributed by atoms with Crippen molar-refractivity contribution < 1.29 is 14.3 Å². The number of nitrogens with two attached hydrogens (primary N) is 1. The van der Waals surface area contributed by atoms with Crippen molar-refractivity contribution in [2.24, 2.45) is 5.73 Å².